The number of methoxy groups -OCH3 is 1. The monoisotopic (exact) mass is 523 g/mol. The van der Waals surface area contributed by atoms with Crippen LogP contribution in [-0.2, 0) is 26.2 Å². The summed E-state index contributed by atoms with van der Waals surface area (Å²) in [5.74, 6) is -0.234. The molecular weight excluding hydrogens is 490 g/mol. The third kappa shape index (κ3) is 7.10. The third-order valence-corrected chi connectivity index (χ3v) is 7.53. The predicted molar refractivity (Wildman–Crippen MR) is 144 cm³/mol. The molecule has 2 amide bonds. The molecule has 1 unspecified atom stereocenters. The lowest BCUT2D eigenvalue weighted by Crippen LogP contribution is -2.52. The molecule has 0 bridgehead atoms. The van der Waals surface area contributed by atoms with Gasteiger partial charge in [0.1, 0.15) is 18.3 Å². The van der Waals surface area contributed by atoms with Crippen LogP contribution in [0.25, 0.3) is 0 Å². The summed E-state index contributed by atoms with van der Waals surface area (Å²) in [6.07, 6.45) is 0. The van der Waals surface area contributed by atoms with Crippen LogP contribution in [0.3, 0.4) is 0 Å². The van der Waals surface area contributed by atoms with E-state index in [9.17, 15) is 18.0 Å². The lowest BCUT2D eigenvalue weighted by Gasteiger charge is -2.32. The minimum atomic E-state index is -4.07. The second-order valence-corrected chi connectivity index (χ2v) is 10.7. The van der Waals surface area contributed by atoms with Crippen LogP contribution in [0.2, 0.25) is 0 Å². The van der Waals surface area contributed by atoms with Crippen LogP contribution in [0, 0.1) is 0 Å². The van der Waals surface area contributed by atoms with Crippen LogP contribution in [0.1, 0.15) is 26.3 Å². The van der Waals surface area contributed by atoms with Gasteiger partial charge in [0.2, 0.25) is 11.8 Å². The zero-order chi connectivity index (χ0) is 27.0. The number of para-hydroxylation sites is 1. The third-order valence-electron chi connectivity index (χ3n) is 5.74. The van der Waals surface area contributed by atoms with Crippen LogP contribution in [-0.4, -0.2) is 50.9 Å². The highest BCUT2D eigenvalue weighted by Gasteiger charge is 2.32. The zero-order valence-corrected chi connectivity index (χ0v) is 22.3. The van der Waals surface area contributed by atoms with Crippen LogP contribution in [0.5, 0.6) is 5.75 Å². The summed E-state index contributed by atoms with van der Waals surface area (Å²) in [6.45, 7) is 4.92. The maximum atomic E-state index is 13.8. The number of carbonyl (C=O) groups excluding carboxylic acids is 2. The van der Waals surface area contributed by atoms with Crippen molar-refractivity contribution in [3.8, 4) is 5.75 Å². The van der Waals surface area contributed by atoms with Crippen molar-refractivity contribution in [2.75, 3.05) is 18.0 Å². The van der Waals surface area contributed by atoms with Gasteiger partial charge in [0.15, 0.2) is 0 Å². The Morgan fingerprint density at radius 1 is 0.892 bits per heavy atom. The van der Waals surface area contributed by atoms with Gasteiger partial charge in [-0.15, -0.1) is 0 Å². The van der Waals surface area contributed by atoms with Gasteiger partial charge in [-0.2, -0.15) is 0 Å². The molecule has 0 aliphatic carbocycles. The number of nitrogens with one attached hydrogen (secondary N) is 1. The Bertz CT molecular complexity index is 1300. The molecule has 0 aliphatic rings. The van der Waals surface area contributed by atoms with Crippen molar-refractivity contribution in [1.82, 2.24) is 10.2 Å². The lowest BCUT2D eigenvalue weighted by atomic mass is 10.1. The van der Waals surface area contributed by atoms with E-state index in [1.807, 2.05) is 19.9 Å². The summed E-state index contributed by atoms with van der Waals surface area (Å²) in [5.41, 5.74) is 1.09. The SMILES string of the molecule is COc1cccc(CN(C(=O)CN(c2ccccc2)S(=O)(=O)c2ccccc2)C(C)C(=O)NC(C)C)c1. The molecular formula is C28H33N3O5S. The number of hydrogen-bond acceptors (Lipinski definition) is 5. The first-order valence-corrected chi connectivity index (χ1v) is 13.4. The number of carbonyl (C=O) groups is 2. The maximum Gasteiger partial charge on any atom is 0.264 e. The van der Waals surface area contributed by atoms with Crippen LogP contribution in [0.15, 0.2) is 89.8 Å². The van der Waals surface area contributed by atoms with Gasteiger partial charge in [-0.3, -0.25) is 13.9 Å². The summed E-state index contributed by atoms with van der Waals surface area (Å²) >= 11 is 0. The lowest BCUT2D eigenvalue weighted by molar-refractivity contribution is -0.139. The van der Waals surface area contributed by atoms with E-state index in [1.165, 1.54) is 17.0 Å². The molecule has 37 heavy (non-hydrogen) atoms. The van der Waals surface area contributed by atoms with Crippen molar-refractivity contribution < 1.29 is 22.7 Å². The van der Waals surface area contributed by atoms with Gasteiger partial charge in [-0.25, -0.2) is 8.42 Å². The fourth-order valence-electron chi connectivity index (χ4n) is 3.80. The van der Waals surface area contributed by atoms with Gasteiger partial charge in [-0.1, -0.05) is 48.5 Å². The van der Waals surface area contributed by atoms with E-state index >= 15 is 0 Å². The fraction of sp³-hybridized carbons (Fsp3) is 0.286. The smallest absolute Gasteiger partial charge is 0.264 e. The average molecular weight is 524 g/mol. The van der Waals surface area contributed by atoms with Crippen molar-refractivity contribution in [2.45, 2.75) is 44.3 Å². The molecule has 8 nitrogen and oxygen atoms in total. The van der Waals surface area contributed by atoms with Crippen molar-refractivity contribution >= 4 is 27.5 Å². The number of rotatable bonds is 11. The standard InChI is InChI=1S/C28H33N3O5S/c1-21(2)29-28(33)22(3)30(19-23-12-11-15-25(18-23)36-4)27(32)20-31(24-13-7-5-8-14-24)37(34,35)26-16-9-6-10-17-26/h5-18,21-22H,19-20H2,1-4H3,(H,29,33). The molecule has 0 heterocycles. The van der Waals surface area contributed by atoms with Crippen LogP contribution >= 0.6 is 0 Å². The zero-order valence-electron chi connectivity index (χ0n) is 21.5. The van der Waals surface area contributed by atoms with Gasteiger partial charge in [0, 0.05) is 12.6 Å². The van der Waals surface area contributed by atoms with Crippen molar-refractivity contribution in [1.29, 1.82) is 0 Å². The van der Waals surface area contributed by atoms with Crippen molar-refractivity contribution in [2.24, 2.45) is 0 Å². The van der Waals surface area contributed by atoms with Crippen LogP contribution < -0.4 is 14.4 Å². The number of ether oxygens (including phenoxy) is 1. The highest BCUT2D eigenvalue weighted by molar-refractivity contribution is 7.92. The van der Waals surface area contributed by atoms with Gasteiger partial charge < -0.3 is 15.0 Å². The van der Waals surface area contributed by atoms with Crippen molar-refractivity contribution in [3.05, 3.63) is 90.5 Å². The fourth-order valence-corrected chi connectivity index (χ4v) is 5.23. The molecule has 3 aromatic carbocycles. The Kier molecular flexibility index (Phi) is 9.30. The number of nitrogens with zero attached hydrogens (tertiary/aromatic N) is 2. The molecule has 0 saturated carbocycles. The van der Waals surface area contributed by atoms with Gasteiger partial charge in [0.25, 0.3) is 10.0 Å². The maximum absolute atomic E-state index is 13.8. The Morgan fingerprint density at radius 2 is 1.51 bits per heavy atom. The number of hydrogen-bond donors (Lipinski definition) is 1. The normalized spacial score (nSPS) is 12.0. The predicted octanol–water partition coefficient (Wildman–Crippen LogP) is 3.83. The molecule has 1 atom stereocenters. The van der Waals surface area contributed by atoms with E-state index in [-0.39, 0.29) is 23.4 Å². The molecule has 196 valence electrons. The van der Waals surface area contributed by atoms with E-state index in [0.717, 1.165) is 9.87 Å². The first-order chi connectivity index (χ1) is 17.6. The molecule has 0 fully saturated rings. The second kappa shape index (κ2) is 12.4. The quantitative estimate of drug-likeness (QED) is 0.412. The Balaban J connectivity index is 2.00. The van der Waals surface area contributed by atoms with Gasteiger partial charge in [0.05, 0.1) is 17.7 Å². The van der Waals surface area contributed by atoms with Gasteiger partial charge in [-0.05, 0) is 62.7 Å². The molecule has 0 saturated heterocycles. The summed E-state index contributed by atoms with van der Waals surface area (Å²) in [5, 5.41) is 2.84. The molecule has 0 spiro atoms. The molecule has 3 rings (SSSR count). The number of benzene rings is 3. The minimum absolute atomic E-state index is 0.0663. The Labute approximate surface area is 218 Å². The van der Waals surface area contributed by atoms with E-state index in [1.54, 1.807) is 80.8 Å². The highest BCUT2D eigenvalue weighted by atomic mass is 32.2. The number of amides is 2. The molecule has 0 aliphatic heterocycles. The first-order valence-electron chi connectivity index (χ1n) is 12.0. The summed E-state index contributed by atoms with van der Waals surface area (Å²) < 4.78 is 33.7. The summed E-state index contributed by atoms with van der Waals surface area (Å²) in [4.78, 5) is 28.2. The molecule has 0 aromatic heterocycles. The van der Waals surface area contributed by atoms with E-state index < -0.39 is 28.5 Å². The van der Waals surface area contributed by atoms with E-state index in [2.05, 4.69) is 5.32 Å². The largest absolute Gasteiger partial charge is 0.497 e. The minimum Gasteiger partial charge on any atom is -0.497 e. The van der Waals surface area contributed by atoms with Crippen LogP contribution in [0.4, 0.5) is 5.69 Å². The Morgan fingerprint density at radius 3 is 2.11 bits per heavy atom. The van der Waals surface area contributed by atoms with E-state index in [0.29, 0.717) is 11.4 Å². The number of anilines is 1. The van der Waals surface area contributed by atoms with Crippen molar-refractivity contribution in [3.63, 3.8) is 0 Å². The second-order valence-electron chi connectivity index (χ2n) is 8.87. The van der Waals surface area contributed by atoms with Gasteiger partial charge >= 0.3 is 0 Å². The average Bonchev–Trinajstić information content (AvgIpc) is 2.90. The molecule has 0 radical (unpaired) electrons. The highest BCUT2D eigenvalue weighted by Crippen LogP contribution is 2.24. The van der Waals surface area contributed by atoms with E-state index in [4.69, 9.17) is 4.74 Å². The Hall–Kier alpha value is -3.85. The molecule has 3 aromatic rings. The summed E-state index contributed by atoms with van der Waals surface area (Å²) in [6, 6.07) is 22.6. The topological polar surface area (TPSA) is 96.0 Å². The summed E-state index contributed by atoms with van der Waals surface area (Å²) in [7, 11) is -2.52. The molecule has 9 heteroatoms. The first kappa shape index (κ1) is 27.7. The number of sulfonamides is 1. The molecule has 1 N–H and O–H groups in total.